The summed E-state index contributed by atoms with van der Waals surface area (Å²) in [6, 6.07) is 10.4. The molecule has 2 fully saturated rings. The SMILES string of the molecule is CC(C)(C)[Si](C)(C)O[C@@H]1CCCC[C@H]1N1C[C@H](OCc2ccccc2)CC1=O. The smallest absolute Gasteiger partial charge is 0.225 e. The second-order valence-electron chi connectivity index (χ2n) is 9.94. The zero-order valence-corrected chi connectivity index (χ0v) is 19.2. The van der Waals surface area contributed by atoms with Gasteiger partial charge < -0.3 is 14.1 Å². The number of amides is 1. The van der Waals surface area contributed by atoms with Crippen LogP contribution in [0.3, 0.4) is 0 Å². The summed E-state index contributed by atoms with van der Waals surface area (Å²) < 4.78 is 12.9. The Bertz CT molecular complexity index is 656. The topological polar surface area (TPSA) is 38.8 Å². The van der Waals surface area contributed by atoms with Gasteiger partial charge >= 0.3 is 0 Å². The van der Waals surface area contributed by atoms with Crippen molar-refractivity contribution >= 4 is 14.2 Å². The molecule has 156 valence electrons. The van der Waals surface area contributed by atoms with Crippen LogP contribution in [0.4, 0.5) is 0 Å². The monoisotopic (exact) mass is 403 g/mol. The Balaban J connectivity index is 1.62. The zero-order chi connectivity index (χ0) is 20.4. The Morgan fingerprint density at radius 3 is 2.46 bits per heavy atom. The van der Waals surface area contributed by atoms with Gasteiger partial charge in [0.2, 0.25) is 5.91 Å². The Kier molecular flexibility index (Phi) is 6.67. The minimum absolute atomic E-state index is 0.0110. The van der Waals surface area contributed by atoms with Crippen LogP contribution in [0.5, 0.6) is 0 Å². The van der Waals surface area contributed by atoms with Gasteiger partial charge in [-0.15, -0.1) is 0 Å². The number of hydrogen-bond acceptors (Lipinski definition) is 3. The fourth-order valence-corrected chi connectivity index (χ4v) is 5.43. The molecular weight excluding hydrogens is 366 g/mol. The second-order valence-corrected chi connectivity index (χ2v) is 14.7. The number of ether oxygens (including phenoxy) is 1. The lowest BCUT2D eigenvalue weighted by atomic mass is 9.91. The van der Waals surface area contributed by atoms with Gasteiger partial charge in [-0.25, -0.2) is 0 Å². The molecule has 1 heterocycles. The maximum Gasteiger partial charge on any atom is 0.225 e. The Morgan fingerprint density at radius 2 is 1.79 bits per heavy atom. The van der Waals surface area contributed by atoms with E-state index in [1.54, 1.807) is 0 Å². The van der Waals surface area contributed by atoms with Crippen LogP contribution in [-0.4, -0.2) is 43.9 Å². The molecule has 1 aromatic carbocycles. The number of likely N-dealkylation sites (tertiary alicyclic amines) is 1. The molecule has 2 aliphatic rings. The minimum Gasteiger partial charge on any atom is -0.412 e. The molecule has 0 unspecified atom stereocenters. The maximum atomic E-state index is 12.8. The fraction of sp³-hybridized carbons (Fsp3) is 0.696. The van der Waals surface area contributed by atoms with Crippen LogP contribution in [0.15, 0.2) is 30.3 Å². The van der Waals surface area contributed by atoms with Crippen LogP contribution in [-0.2, 0) is 20.6 Å². The van der Waals surface area contributed by atoms with Gasteiger partial charge in [0.15, 0.2) is 8.32 Å². The van der Waals surface area contributed by atoms with Gasteiger partial charge in [0.1, 0.15) is 0 Å². The predicted octanol–water partition coefficient (Wildman–Crippen LogP) is 5.14. The Morgan fingerprint density at radius 1 is 1.11 bits per heavy atom. The molecule has 0 radical (unpaired) electrons. The molecule has 5 heteroatoms. The van der Waals surface area contributed by atoms with E-state index >= 15 is 0 Å². The van der Waals surface area contributed by atoms with E-state index < -0.39 is 8.32 Å². The van der Waals surface area contributed by atoms with Gasteiger partial charge in [-0.1, -0.05) is 63.9 Å². The first-order chi connectivity index (χ1) is 13.2. The first-order valence-electron chi connectivity index (χ1n) is 10.8. The molecular formula is C23H37NO3Si. The molecule has 28 heavy (non-hydrogen) atoms. The summed E-state index contributed by atoms with van der Waals surface area (Å²) in [6.07, 6.45) is 5.16. The summed E-state index contributed by atoms with van der Waals surface area (Å²) >= 11 is 0. The molecule has 1 aliphatic carbocycles. The molecule has 4 nitrogen and oxygen atoms in total. The largest absolute Gasteiger partial charge is 0.412 e. The second kappa shape index (κ2) is 8.68. The molecule has 0 spiro atoms. The fourth-order valence-electron chi connectivity index (χ4n) is 4.04. The van der Waals surface area contributed by atoms with E-state index in [1.165, 1.54) is 12.8 Å². The van der Waals surface area contributed by atoms with Crippen LogP contribution in [0.25, 0.3) is 0 Å². The normalized spacial score (nSPS) is 26.7. The van der Waals surface area contributed by atoms with Crippen molar-refractivity contribution in [2.75, 3.05) is 6.54 Å². The van der Waals surface area contributed by atoms with E-state index in [2.05, 4.69) is 50.9 Å². The quantitative estimate of drug-likeness (QED) is 0.618. The van der Waals surface area contributed by atoms with Crippen LogP contribution < -0.4 is 0 Å². The van der Waals surface area contributed by atoms with Crippen molar-refractivity contribution in [3.63, 3.8) is 0 Å². The molecule has 0 aromatic heterocycles. The highest BCUT2D eigenvalue weighted by molar-refractivity contribution is 6.74. The lowest BCUT2D eigenvalue weighted by molar-refractivity contribution is -0.132. The highest BCUT2D eigenvalue weighted by Crippen LogP contribution is 2.40. The van der Waals surface area contributed by atoms with E-state index in [0.29, 0.717) is 19.6 Å². The minimum atomic E-state index is -1.85. The molecule has 1 aromatic rings. The first kappa shape index (κ1) is 21.5. The summed E-state index contributed by atoms with van der Waals surface area (Å²) in [5, 5.41) is 0.186. The standard InChI is InChI=1S/C23H37NO3Si/c1-23(2,3)28(4,5)27-21-14-10-9-13-20(21)24-16-19(15-22(24)25)26-17-18-11-7-6-8-12-18/h6-8,11-12,19-21H,9-10,13-17H2,1-5H3/t19-,20-,21-/m1/s1. The molecule has 1 amide bonds. The number of hydrogen-bond donors (Lipinski definition) is 0. The molecule has 3 rings (SSSR count). The molecule has 3 atom stereocenters. The summed E-state index contributed by atoms with van der Waals surface area (Å²) in [5.74, 6) is 0.230. The Labute approximate surface area is 171 Å². The van der Waals surface area contributed by atoms with Crippen molar-refractivity contribution in [2.45, 2.75) is 95.9 Å². The highest BCUT2D eigenvalue weighted by Gasteiger charge is 2.45. The number of nitrogens with zero attached hydrogens (tertiary/aromatic N) is 1. The van der Waals surface area contributed by atoms with E-state index in [-0.39, 0.29) is 29.2 Å². The lowest BCUT2D eigenvalue weighted by Gasteiger charge is -2.45. The van der Waals surface area contributed by atoms with Gasteiger partial charge in [0.25, 0.3) is 0 Å². The van der Waals surface area contributed by atoms with Crippen LogP contribution in [0.2, 0.25) is 18.1 Å². The van der Waals surface area contributed by atoms with Gasteiger partial charge in [0, 0.05) is 6.54 Å². The summed E-state index contributed by atoms with van der Waals surface area (Å²) in [7, 11) is -1.85. The third kappa shape index (κ3) is 5.05. The van der Waals surface area contributed by atoms with Crippen LogP contribution in [0, 0.1) is 0 Å². The van der Waals surface area contributed by atoms with E-state index in [0.717, 1.165) is 18.4 Å². The van der Waals surface area contributed by atoms with Crippen LogP contribution in [0.1, 0.15) is 58.4 Å². The molecule has 0 N–H and O–H groups in total. The summed E-state index contributed by atoms with van der Waals surface area (Å²) in [6.45, 7) is 12.8. The van der Waals surface area contributed by atoms with Gasteiger partial charge in [-0.3, -0.25) is 4.79 Å². The summed E-state index contributed by atoms with van der Waals surface area (Å²) in [4.78, 5) is 14.9. The number of benzene rings is 1. The average molecular weight is 404 g/mol. The third-order valence-electron chi connectivity index (χ3n) is 6.77. The van der Waals surface area contributed by atoms with E-state index in [1.807, 2.05) is 18.2 Å². The summed E-state index contributed by atoms with van der Waals surface area (Å²) in [5.41, 5.74) is 1.16. The molecule has 1 saturated carbocycles. The van der Waals surface area contributed by atoms with Crippen molar-refractivity contribution < 1.29 is 14.0 Å². The van der Waals surface area contributed by atoms with Crippen molar-refractivity contribution in [1.82, 2.24) is 4.90 Å². The third-order valence-corrected chi connectivity index (χ3v) is 11.3. The van der Waals surface area contributed by atoms with E-state index in [4.69, 9.17) is 9.16 Å². The van der Waals surface area contributed by atoms with Crippen LogP contribution >= 0.6 is 0 Å². The van der Waals surface area contributed by atoms with Crippen molar-refractivity contribution in [2.24, 2.45) is 0 Å². The molecule has 1 saturated heterocycles. The molecule has 1 aliphatic heterocycles. The average Bonchev–Trinajstić information content (AvgIpc) is 3.01. The zero-order valence-electron chi connectivity index (χ0n) is 18.2. The number of carbonyl (C=O) groups is 1. The Hall–Kier alpha value is -1.17. The molecule has 0 bridgehead atoms. The predicted molar refractivity (Wildman–Crippen MR) is 116 cm³/mol. The number of carbonyl (C=O) groups excluding carboxylic acids is 1. The van der Waals surface area contributed by atoms with Crippen molar-refractivity contribution in [1.29, 1.82) is 0 Å². The van der Waals surface area contributed by atoms with Gasteiger partial charge in [-0.2, -0.15) is 0 Å². The lowest BCUT2D eigenvalue weighted by Crippen LogP contribution is -2.53. The van der Waals surface area contributed by atoms with Gasteiger partial charge in [0.05, 0.1) is 31.3 Å². The van der Waals surface area contributed by atoms with Gasteiger partial charge in [-0.05, 0) is 36.5 Å². The van der Waals surface area contributed by atoms with Crippen molar-refractivity contribution in [3.8, 4) is 0 Å². The highest BCUT2D eigenvalue weighted by atomic mass is 28.4. The number of rotatable bonds is 6. The van der Waals surface area contributed by atoms with E-state index in [9.17, 15) is 4.79 Å². The van der Waals surface area contributed by atoms with Crippen molar-refractivity contribution in [3.05, 3.63) is 35.9 Å². The maximum absolute atomic E-state index is 12.8. The first-order valence-corrected chi connectivity index (χ1v) is 13.7.